The number of carboxylic acids is 1. The van der Waals surface area contributed by atoms with Gasteiger partial charge in [-0.15, -0.1) is 0 Å². The highest BCUT2D eigenvalue weighted by atomic mass is 79.9. The number of halogens is 1. The van der Waals surface area contributed by atoms with Crippen LogP contribution < -0.4 is 0 Å². The molecule has 24 heavy (non-hydrogen) atoms. The molecule has 0 bridgehead atoms. The predicted molar refractivity (Wildman–Crippen MR) is 100 cm³/mol. The number of carboxylic acid groups (broad SMARTS) is 1. The molecule has 0 spiro atoms. The molecule has 1 aromatic heterocycles. The van der Waals surface area contributed by atoms with Crippen molar-refractivity contribution < 1.29 is 9.90 Å². The van der Waals surface area contributed by atoms with E-state index in [2.05, 4.69) is 39.1 Å². The van der Waals surface area contributed by atoms with Gasteiger partial charge in [0.05, 0.1) is 12.1 Å². The number of hydrogen-bond donors (Lipinski definition) is 2. The van der Waals surface area contributed by atoms with E-state index >= 15 is 0 Å². The van der Waals surface area contributed by atoms with Gasteiger partial charge in [0.15, 0.2) is 0 Å². The van der Waals surface area contributed by atoms with Gasteiger partial charge >= 0.3 is 5.97 Å². The summed E-state index contributed by atoms with van der Waals surface area (Å²) in [6, 6.07) is 20.1. The van der Waals surface area contributed by atoms with E-state index < -0.39 is 5.97 Å². The van der Waals surface area contributed by atoms with Gasteiger partial charge < -0.3 is 10.1 Å². The number of nitrogens with one attached hydrogen (secondary N) is 1. The monoisotopic (exact) mass is 379 g/mol. The third kappa shape index (κ3) is 2.49. The van der Waals surface area contributed by atoms with Crippen molar-refractivity contribution in [3.8, 4) is 11.3 Å². The molecule has 4 heteroatoms. The lowest BCUT2D eigenvalue weighted by Crippen LogP contribution is -2.01. The standard InChI is InChI=1S/C20H14BrNO2/c21-13-8-9-18-16(10-13)17(11-19(23)24)20(22-18)15-7-3-5-12-4-1-2-6-14(12)15/h1-10,22H,11H2,(H,23,24). The summed E-state index contributed by atoms with van der Waals surface area (Å²) in [5.41, 5.74) is 3.66. The number of hydrogen-bond acceptors (Lipinski definition) is 1. The first kappa shape index (κ1) is 15.0. The van der Waals surface area contributed by atoms with Crippen LogP contribution in [-0.4, -0.2) is 16.1 Å². The summed E-state index contributed by atoms with van der Waals surface area (Å²) in [7, 11) is 0. The first-order valence-electron chi connectivity index (χ1n) is 7.63. The molecule has 3 aromatic carbocycles. The molecule has 2 N–H and O–H groups in total. The Bertz CT molecular complexity index is 1080. The molecule has 0 aliphatic rings. The van der Waals surface area contributed by atoms with Crippen molar-refractivity contribution in [3.63, 3.8) is 0 Å². The maximum absolute atomic E-state index is 11.4. The first-order chi connectivity index (χ1) is 11.6. The van der Waals surface area contributed by atoms with Crippen LogP contribution in [0.5, 0.6) is 0 Å². The van der Waals surface area contributed by atoms with E-state index in [1.165, 1.54) is 0 Å². The third-order valence-electron chi connectivity index (χ3n) is 4.26. The molecule has 0 unspecified atom stereocenters. The fourth-order valence-electron chi connectivity index (χ4n) is 3.23. The van der Waals surface area contributed by atoms with Gasteiger partial charge in [-0.2, -0.15) is 0 Å². The molecule has 0 saturated carbocycles. The smallest absolute Gasteiger partial charge is 0.307 e. The van der Waals surface area contributed by atoms with Gasteiger partial charge in [0.2, 0.25) is 0 Å². The largest absolute Gasteiger partial charge is 0.481 e. The molecule has 0 aliphatic carbocycles. The molecular weight excluding hydrogens is 366 g/mol. The molecule has 0 aliphatic heterocycles. The number of fused-ring (bicyclic) bond motifs is 2. The van der Waals surface area contributed by atoms with Crippen molar-refractivity contribution in [2.75, 3.05) is 0 Å². The second kappa shape index (κ2) is 5.80. The average Bonchev–Trinajstić information content (AvgIpc) is 2.91. The second-order valence-corrected chi connectivity index (χ2v) is 6.68. The maximum Gasteiger partial charge on any atom is 0.307 e. The molecule has 0 atom stereocenters. The van der Waals surface area contributed by atoms with Crippen molar-refractivity contribution in [1.29, 1.82) is 0 Å². The quantitative estimate of drug-likeness (QED) is 0.502. The highest BCUT2D eigenvalue weighted by Crippen LogP contribution is 2.35. The molecular formula is C20H14BrNO2. The van der Waals surface area contributed by atoms with Crippen LogP contribution in [0.25, 0.3) is 32.9 Å². The fourth-order valence-corrected chi connectivity index (χ4v) is 3.59. The molecule has 1 heterocycles. The minimum Gasteiger partial charge on any atom is -0.481 e. The predicted octanol–water partition coefficient (Wildman–Crippen LogP) is 5.38. The fraction of sp³-hybridized carbons (Fsp3) is 0.0500. The molecule has 4 rings (SSSR count). The Balaban J connectivity index is 2.06. The minimum atomic E-state index is -0.836. The van der Waals surface area contributed by atoms with E-state index in [4.69, 9.17) is 0 Å². The summed E-state index contributed by atoms with van der Waals surface area (Å²) in [6.45, 7) is 0. The van der Waals surface area contributed by atoms with Crippen LogP contribution in [0.1, 0.15) is 5.56 Å². The van der Waals surface area contributed by atoms with Gasteiger partial charge in [0.1, 0.15) is 0 Å². The van der Waals surface area contributed by atoms with Crippen molar-refractivity contribution in [1.82, 2.24) is 4.98 Å². The Morgan fingerprint density at radius 1 is 1.00 bits per heavy atom. The van der Waals surface area contributed by atoms with Crippen LogP contribution in [0.3, 0.4) is 0 Å². The molecule has 3 nitrogen and oxygen atoms in total. The molecule has 0 radical (unpaired) electrons. The van der Waals surface area contributed by atoms with Crippen molar-refractivity contribution in [3.05, 3.63) is 70.7 Å². The number of benzene rings is 3. The molecule has 0 fully saturated rings. The van der Waals surface area contributed by atoms with Crippen molar-refractivity contribution in [2.24, 2.45) is 0 Å². The molecule has 4 aromatic rings. The van der Waals surface area contributed by atoms with Crippen LogP contribution in [-0.2, 0) is 11.2 Å². The van der Waals surface area contributed by atoms with Crippen LogP contribution in [0.15, 0.2) is 65.1 Å². The van der Waals surface area contributed by atoms with Crippen LogP contribution in [0.2, 0.25) is 0 Å². The van der Waals surface area contributed by atoms with E-state index in [0.717, 1.165) is 43.0 Å². The number of carbonyl (C=O) groups is 1. The van der Waals surface area contributed by atoms with E-state index in [1.54, 1.807) is 0 Å². The van der Waals surface area contributed by atoms with Crippen molar-refractivity contribution in [2.45, 2.75) is 6.42 Å². The summed E-state index contributed by atoms with van der Waals surface area (Å²) < 4.78 is 0.935. The van der Waals surface area contributed by atoms with Crippen LogP contribution in [0, 0.1) is 0 Å². The lowest BCUT2D eigenvalue weighted by Gasteiger charge is -2.07. The summed E-state index contributed by atoms with van der Waals surface area (Å²) in [5.74, 6) is -0.836. The van der Waals surface area contributed by atoms with Gasteiger partial charge in [-0.05, 0) is 34.5 Å². The Morgan fingerprint density at radius 3 is 2.62 bits per heavy atom. The first-order valence-corrected chi connectivity index (χ1v) is 8.43. The third-order valence-corrected chi connectivity index (χ3v) is 4.75. The van der Waals surface area contributed by atoms with Gasteiger partial charge in [-0.3, -0.25) is 4.79 Å². The maximum atomic E-state index is 11.4. The Morgan fingerprint density at radius 2 is 1.79 bits per heavy atom. The molecule has 0 saturated heterocycles. The Kier molecular flexibility index (Phi) is 3.62. The number of H-pyrrole nitrogens is 1. The minimum absolute atomic E-state index is 0.0188. The molecule has 118 valence electrons. The highest BCUT2D eigenvalue weighted by molar-refractivity contribution is 9.10. The van der Waals surface area contributed by atoms with Gasteiger partial charge in [0, 0.05) is 20.9 Å². The SMILES string of the molecule is O=C(O)Cc1c(-c2cccc3ccccc23)[nH]c2ccc(Br)cc12. The lowest BCUT2D eigenvalue weighted by atomic mass is 9.98. The number of rotatable bonds is 3. The summed E-state index contributed by atoms with van der Waals surface area (Å²) >= 11 is 3.48. The number of aliphatic carboxylic acids is 1. The Labute approximate surface area is 147 Å². The van der Waals surface area contributed by atoms with Crippen LogP contribution >= 0.6 is 15.9 Å². The average molecular weight is 380 g/mol. The van der Waals surface area contributed by atoms with E-state index in [9.17, 15) is 9.90 Å². The molecule has 0 amide bonds. The number of aromatic amines is 1. The zero-order valence-electron chi connectivity index (χ0n) is 12.7. The van der Waals surface area contributed by atoms with Crippen molar-refractivity contribution >= 4 is 43.6 Å². The second-order valence-electron chi connectivity index (χ2n) is 5.77. The lowest BCUT2D eigenvalue weighted by molar-refractivity contribution is -0.136. The van der Waals surface area contributed by atoms with E-state index in [-0.39, 0.29) is 6.42 Å². The normalized spacial score (nSPS) is 11.2. The van der Waals surface area contributed by atoms with Gasteiger partial charge in [-0.1, -0.05) is 58.4 Å². The van der Waals surface area contributed by atoms with E-state index in [0.29, 0.717) is 0 Å². The summed E-state index contributed by atoms with van der Waals surface area (Å²) in [5, 5.41) is 12.6. The zero-order chi connectivity index (χ0) is 16.7. The summed E-state index contributed by atoms with van der Waals surface area (Å²) in [6.07, 6.45) is -0.0188. The van der Waals surface area contributed by atoms with Gasteiger partial charge in [0.25, 0.3) is 0 Å². The van der Waals surface area contributed by atoms with Gasteiger partial charge in [-0.25, -0.2) is 0 Å². The van der Waals surface area contributed by atoms with E-state index in [1.807, 2.05) is 42.5 Å². The highest BCUT2D eigenvalue weighted by Gasteiger charge is 2.17. The Hall–Kier alpha value is -2.59. The topological polar surface area (TPSA) is 53.1 Å². The number of aromatic nitrogens is 1. The summed E-state index contributed by atoms with van der Waals surface area (Å²) in [4.78, 5) is 14.8. The zero-order valence-corrected chi connectivity index (χ0v) is 14.3. The van der Waals surface area contributed by atoms with Crippen LogP contribution in [0.4, 0.5) is 0 Å².